The first-order valence-electron chi connectivity index (χ1n) is 7.47. The van der Waals surface area contributed by atoms with Crippen molar-refractivity contribution in [2.24, 2.45) is 0 Å². The topological polar surface area (TPSA) is 62.5 Å². The van der Waals surface area contributed by atoms with Gasteiger partial charge in [-0.3, -0.25) is 4.79 Å². The Morgan fingerprint density at radius 1 is 1.23 bits per heavy atom. The molecule has 1 atom stereocenters. The molecule has 2 aromatic rings. The Morgan fingerprint density at radius 2 is 1.86 bits per heavy atom. The van der Waals surface area contributed by atoms with Crippen molar-refractivity contribution in [3.63, 3.8) is 0 Å². The van der Waals surface area contributed by atoms with E-state index < -0.39 is 5.60 Å². The second-order valence-electron chi connectivity index (χ2n) is 6.14. The molecule has 0 aliphatic rings. The molecule has 1 aromatic carbocycles. The zero-order valence-electron chi connectivity index (χ0n) is 13.5. The quantitative estimate of drug-likeness (QED) is 0.890. The van der Waals surface area contributed by atoms with Crippen LogP contribution in [0.3, 0.4) is 0 Å². The van der Waals surface area contributed by atoms with Crippen LogP contribution in [-0.2, 0) is 5.60 Å². The maximum atomic E-state index is 12.2. The molecule has 0 fully saturated rings. The molecule has 118 valence electrons. The molecule has 0 saturated heterocycles. The highest BCUT2D eigenvalue weighted by molar-refractivity contribution is 5.94. The largest absolute Gasteiger partial charge is 0.463 e. The molecule has 0 aliphatic carbocycles. The van der Waals surface area contributed by atoms with Crippen LogP contribution in [0.2, 0.25) is 0 Å². The molecule has 1 heterocycles. The number of furan rings is 1. The molecule has 1 unspecified atom stereocenters. The van der Waals surface area contributed by atoms with Gasteiger partial charge in [0.05, 0.1) is 6.54 Å². The van der Waals surface area contributed by atoms with Gasteiger partial charge in [-0.15, -0.1) is 0 Å². The number of carbonyl (C=O) groups is 1. The number of aliphatic hydroxyl groups is 1. The highest BCUT2D eigenvalue weighted by Gasteiger charge is 2.27. The average molecular weight is 301 g/mol. The van der Waals surface area contributed by atoms with Gasteiger partial charge in [0.1, 0.15) is 17.1 Å². The number of rotatable bonds is 5. The van der Waals surface area contributed by atoms with Crippen LogP contribution in [-0.4, -0.2) is 17.6 Å². The second kappa shape index (κ2) is 6.36. The van der Waals surface area contributed by atoms with Gasteiger partial charge in [-0.2, -0.15) is 0 Å². The predicted molar refractivity (Wildman–Crippen MR) is 85.9 cm³/mol. The van der Waals surface area contributed by atoms with Crippen molar-refractivity contribution >= 4 is 5.91 Å². The number of hydrogen-bond donors (Lipinski definition) is 2. The number of hydrogen-bond acceptors (Lipinski definition) is 3. The minimum absolute atomic E-state index is 0.0880. The van der Waals surface area contributed by atoms with Gasteiger partial charge in [0.2, 0.25) is 0 Å². The minimum Gasteiger partial charge on any atom is -0.463 e. The van der Waals surface area contributed by atoms with E-state index in [0.29, 0.717) is 17.2 Å². The van der Waals surface area contributed by atoms with Gasteiger partial charge < -0.3 is 14.8 Å². The van der Waals surface area contributed by atoms with Crippen molar-refractivity contribution in [1.82, 2.24) is 5.32 Å². The van der Waals surface area contributed by atoms with Crippen LogP contribution in [0.4, 0.5) is 0 Å². The summed E-state index contributed by atoms with van der Waals surface area (Å²) in [6, 6.07) is 11.0. The molecular weight excluding hydrogens is 278 g/mol. The van der Waals surface area contributed by atoms with Crippen LogP contribution >= 0.6 is 0 Å². The van der Waals surface area contributed by atoms with E-state index in [1.165, 1.54) is 5.56 Å². The fourth-order valence-corrected chi connectivity index (χ4v) is 2.18. The summed E-state index contributed by atoms with van der Waals surface area (Å²) in [7, 11) is 0. The molecule has 1 aromatic heterocycles. The zero-order chi connectivity index (χ0) is 16.3. The van der Waals surface area contributed by atoms with Gasteiger partial charge in [-0.05, 0) is 49.6 Å². The first kappa shape index (κ1) is 16.3. The molecule has 0 aliphatic heterocycles. The SMILES string of the molecule is Cc1ccc(C(C)(O)CNC(=O)c2ccc(C(C)C)cc2)o1. The number of amides is 1. The lowest BCUT2D eigenvalue weighted by molar-refractivity contribution is 0.0323. The molecule has 1 amide bonds. The van der Waals surface area contributed by atoms with E-state index in [1.54, 1.807) is 31.2 Å². The second-order valence-corrected chi connectivity index (χ2v) is 6.14. The Bertz CT molecular complexity index is 639. The van der Waals surface area contributed by atoms with E-state index in [9.17, 15) is 9.90 Å². The minimum atomic E-state index is -1.23. The predicted octanol–water partition coefficient (Wildman–Crippen LogP) is 3.35. The van der Waals surface area contributed by atoms with Crippen LogP contribution in [0.25, 0.3) is 0 Å². The Morgan fingerprint density at radius 3 is 2.36 bits per heavy atom. The van der Waals surface area contributed by atoms with Gasteiger partial charge >= 0.3 is 0 Å². The zero-order valence-corrected chi connectivity index (χ0v) is 13.5. The van der Waals surface area contributed by atoms with Crippen molar-refractivity contribution in [3.8, 4) is 0 Å². The summed E-state index contributed by atoms with van der Waals surface area (Å²) < 4.78 is 5.43. The molecule has 0 bridgehead atoms. The van der Waals surface area contributed by atoms with Gasteiger partial charge in [0, 0.05) is 5.56 Å². The molecule has 22 heavy (non-hydrogen) atoms. The van der Waals surface area contributed by atoms with Crippen molar-refractivity contribution in [3.05, 3.63) is 59.0 Å². The summed E-state index contributed by atoms with van der Waals surface area (Å²) in [6.45, 7) is 7.74. The summed E-state index contributed by atoms with van der Waals surface area (Å²) in [6.07, 6.45) is 0. The summed E-state index contributed by atoms with van der Waals surface area (Å²) in [5, 5.41) is 13.2. The summed E-state index contributed by atoms with van der Waals surface area (Å²) >= 11 is 0. The summed E-state index contributed by atoms with van der Waals surface area (Å²) in [5.74, 6) is 1.39. The van der Waals surface area contributed by atoms with Crippen LogP contribution in [0.1, 0.15) is 54.1 Å². The Balaban J connectivity index is 2.00. The standard InChI is InChI=1S/C18H23NO3/c1-12(2)14-6-8-15(9-7-14)17(20)19-11-18(4,21)16-10-5-13(3)22-16/h5-10,12,21H,11H2,1-4H3,(H,19,20). The smallest absolute Gasteiger partial charge is 0.251 e. The van der Waals surface area contributed by atoms with E-state index in [1.807, 2.05) is 19.1 Å². The molecule has 0 spiro atoms. The summed E-state index contributed by atoms with van der Waals surface area (Å²) in [5.41, 5.74) is 0.535. The van der Waals surface area contributed by atoms with Crippen LogP contribution in [0, 0.1) is 6.92 Å². The van der Waals surface area contributed by atoms with Crippen molar-refractivity contribution in [1.29, 1.82) is 0 Å². The molecule has 2 rings (SSSR count). The highest BCUT2D eigenvalue weighted by Crippen LogP contribution is 2.22. The van der Waals surface area contributed by atoms with Gasteiger partial charge in [0.25, 0.3) is 5.91 Å². The maximum Gasteiger partial charge on any atom is 0.251 e. The molecule has 2 N–H and O–H groups in total. The Labute approximate surface area is 131 Å². The number of nitrogens with one attached hydrogen (secondary N) is 1. The maximum absolute atomic E-state index is 12.2. The molecule has 0 saturated carbocycles. The third-order valence-corrected chi connectivity index (χ3v) is 3.70. The van der Waals surface area contributed by atoms with Crippen LogP contribution in [0.5, 0.6) is 0 Å². The van der Waals surface area contributed by atoms with E-state index in [4.69, 9.17) is 4.42 Å². The van der Waals surface area contributed by atoms with E-state index in [-0.39, 0.29) is 12.5 Å². The highest BCUT2D eigenvalue weighted by atomic mass is 16.4. The number of aryl methyl sites for hydroxylation is 1. The van der Waals surface area contributed by atoms with Crippen molar-refractivity contribution in [2.75, 3.05) is 6.54 Å². The van der Waals surface area contributed by atoms with E-state index >= 15 is 0 Å². The fraction of sp³-hybridized carbons (Fsp3) is 0.389. The Kier molecular flexibility index (Phi) is 4.71. The lowest BCUT2D eigenvalue weighted by atomic mass is 10.0. The van der Waals surface area contributed by atoms with Crippen molar-refractivity contribution in [2.45, 2.75) is 39.2 Å². The first-order valence-corrected chi connectivity index (χ1v) is 7.47. The summed E-state index contributed by atoms with van der Waals surface area (Å²) in [4.78, 5) is 12.2. The van der Waals surface area contributed by atoms with Crippen LogP contribution in [0.15, 0.2) is 40.8 Å². The lowest BCUT2D eigenvalue weighted by Crippen LogP contribution is -2.38. The fourth-order valence-electron chi connectivity index (χ4n) is 2.18. The third-order valence-electron chi connectivity index (χ3n) is 3.70. The Hall–Kier alpha value is -2.07. The van der Waals surface area contributed by atoms with Crippen LogP contribution < -0.4 is 5.32 Å². The average Bonchev–Trinajstić information content (AvgIpc) is 2.92. The number of carbonyl (C=O) groups excluding carboxylic acids is 1. The molecule has 4 heteroatoms. The number of benzene rings is 1. The van der Waals surface area contributed by atoms with Crippen molar-refractivity contribution < 1.29 is 14.3 Å². The molecule has 4 nitrogen and oxygen atoms in total. The van der Waals surface area contributed by atoms with E-state index in [2.05, 4.69) is 19.2 Å². The molecule has 0 radical (unpaired) electrons. The normalized spacial score (nSPS) is 13.9. The van der Waals surface area contributed by atoms with Gasteiger partial charge in [0.15, 0.2) is 0 Å². The van der Waals surface area contributed by atoms with E-state index in [0.717, 1.165) is 5.76 Å². The third kappa shape index (κ3) is 3.77. The first-order chi connectivity index (χ1) is 10.3. The van der Waals surface area contributed by atoms with Gasteiger partial charge in [-0.1, -0.05) is 26.0 Å². The monoisotopic (exact) mass is 301 g/mol. The lowest BCUT2D eigenvalue weighted by Gasteiger charge is -2.21. The van der Waals surface area contributed by atoms with Gasteiger partial charge in [-0.25, -0.2) is 0 Å². The molecular formula is C18H23NO3.